The lowest BCUT2D eigenvalue weighted by Crippen LogP contribution is -2.38. The first-order valence-corrected chi connectivity index (χ1v) is 9.94. The molecule has 1 saturated heterocycles. The minimum Gasteiger partial charge on any atom is -0.497 e. The number of likely N-dealkylation sites (tertiary alicyclic amines) is 1. The van der Waals surface area contributed by atoms with Gasteiger partial charge in [0, 0.05) is 30.6 Å². The quantitative estimate of drug-likeness (QED) is 0.623. The summed E-state index contributed by atoms with van der Waals surface area (Å²) in [7, 11) is 4.87. The van der Waals surface area contributed by atoms with Crippen molar-refractivity contribution in [3.05, 3.63) is 59.7 Å². The van der Waals surface area contributed by atoms with Crippen molar-refractivity contribution in [1.29, 1.82) is 0 Å². The van der Waals surface area contributed by atoms with Gasteiger partial charge in [0.05, 0.1) is 26.9 Å². The van der Waals surface area contributed by atoms with Gasteiger partial charge in [0.2, 0.25) is 0 Å². The van der Waals surface area contributed by atoms with Gasteiger partial charge >= 0.3 is 0 Å². The molecule has 0 bridgehead atoms. The van der Waals surface area contributed by atoms with Crippen LogP contribution in [0.1, 0.15) is 28.8 Å². The fourth-order valence-corrected chi connectivity index (χ4v) is 3.79. The molecule has 0 unspecified atom stereocenters. The Morgan fingerprint density at radius 3 is 2.62 bits per heavy atom. The van der Waals surface area contributed by atoms with Gasteiger partial charge in [-0.3, -0.25) is 9.69 Å². The van der Waals surface area contributed by atoms with E-state index in [9.17, 15) is 4.79 Å². The summed E-state index contributed by atoms with van der Waals surface area (Å²) >= 11 is 0. The zero-order valence-electron chi connectivity index (χ0n) is 17.4. The van der Waals surface area contributed by atoms with Crippen LogP contribution in [0.2, 0.25) is 0 Å². The Balaban J connectivity index is 1.64. The first kappa shape index (κ1) is 20.9. The molecule has 0 spiro atoms. The van der Waals surface area contributed by atoms with Crippen molar-refractivity contribution in [1.82, 2.24) is 4.90 Å². The van der Waals surface area contributed by atoms with E-state index in [1.165, 1.54) is 0 Å². The van der Waals surface area contributed by atoms with Gasteiger partial charge in [0.15, 0.2) is 5.78 Å². The molecule has 0 radical (unpaired) electrons. The number of nitrogens with zero attached hydrogens (tertiary/aromatic N) is 1. The smallest absolute Gasteiger partial charge is 0.170 e. The van der Waals surface area contributed by atoms with Gasteiger partial charge < -0.3 is 14.2 Å². The number of para-hydroxylation sites is 1. The molecule has 29 heavy (non-hydrogen) atoms. The van der Waals surface area contributed by atoms with Crippen LogP contribution < -0.4 is 14.2 Å². The Bertz CT molecular complexity index is 862. The molecule has 0 saturated carbocycles. The number of carbonyl (C=O) groups excluding carboxylic acids is 1. The second kappa shape index (κ2) is 10.1. The highest BCUT2D eigenvalue weighted by Gasteiger charge is 2.28. The van der Waals surface area contributed by atoms with Gasteiger partial charge in [0.1, 0.15) is 17.2 Å². The van der Waals surface area contributed by atoms with Crippen molar-refractivity contribution in [2.45, 2.75) is 12.8 Å². The first-order valence-electron chi connectivity index (χ1n) is 9.94. The van der Waals surface area contributed by atoms with Gasteiger partial charge in [-0.25, -0.2) is 0 Å². The van der Waals surface area contributed by atoms with E-state index < -0.39 is 0 Å². The van der Waals surface area contributed by atoms with Crippen LogP contribution in [0.25, 0.3) is 6.08 Å². The second-order valence-corrected chi connectivity index (χ2v) is 7.17. The van der Waals surface area contributed by atoms with Crippen LogP contribution in [-0.2, 0) is 0 Å². The van der Waals surface area contributed by atoms with Crippen LogP contribution >= 0.6 is 0 Å². The number of ketones is 1. The van der Waals surface area contributed by atoms with Gasteiger partial charge in [-0.15, -0.1) is 0 Å². The molecule has 0 aromatic heterocycles. The maximum Gasteiger partial charge on any atom is 0.170 e. The number of piperidine rings is 1. The SMILES string of the molecule is COc1ccc(C(=O)[C@H]2CCCN(C/C=C/c3ccccc3OC)C2)c(OC)c1. The Morgan fingerprint density at radius 2 is 1.86 bits per heavy atom. The molecule has 2 aromatic rings. The summed E-state index contributed by atoms with van der Waals surface area (Å²) in [6.45, 7) is 2.56. The van der Waals surface area contributed by atoms with Crippen molar-refractivity contribution in [2.24, 2.45) is 5.92 Å². The van der Waals surface area contributed by atoms with Crippen molar-refractivity contribution >= 4 is 11.9 Å². The van der Waals surface area contributed by atoms with Crippen LogP contribution in [0.4, 0.5) is 0 Å². The number of carbonyl (C=O) groups is 1. The van der Waals surface area contributed by atoms with Crippen molar-refractivity contribution in [3.8, 4) is 17.2 Å². The molecular weight excluding hydrogens is 366 g/mol. The third-order valence-corrected chi connectivity index (χ3v) is 5.35. The Kier molecular flexibility index (Phi) is 7.30. The lowest BCUT2D eigenvalue weighted by atomic mass is 9.89. The monoisotopic (exact) mass is 395 g/mol. The minimum atomic E-state index is -0.0225. The molecule has 1 aliphatic heterocycles. The average Bonchev–Trinajstić information content (AvgIpc) is 2.78. The highest BCUT2D eigenvalue weighted by atomic mass is 16.5. The topological polar surface area (TPSA) is 48.0 Å². The summed E-state index contributed by atoms with van der Waals surface area (Å²) in [5.74, 6) is 2.24. The summed E-state index contributed by atoms with van der Waals surface area (Å²) in [6, 6.07) is 13.3. The fraction of sp³-hybridized carbons (Fsp3) is 0.375. The molecule has 1 heterocycles. The number of rotatable bonds is 8. The molecule has 3 rings (SSSR count). The van der Waals surface area contributed by atoms with Crippen molar-refractivity contribution < 1.29 is 19.0 Å². The molecule has 0 amide bonds. The van der Waals surface area contributed by atoms with E-state index >= 15 is 0 Å². The number of Topliss-reactive ketones (excluding diaryl/α,β-unsaturated/α-hetero) is 1. The molecule has 0 N–H and O–H groups in total. The van der Waals surface area contributed by atoms with E-state index in [1.807, 2.05) is 30.3 Å². The summed E-state index contributed by atoms with van der Waals surface area (Å²) < 4.78 is 16.1. The second-order valence-electron chi connectivity index (χ2n) is 7.17. The molecule has 1 fully saturated rings. The standard InChI is InChI=1S/C24H29NO4/c1-27-20-12-13-21(23(16-20)29-3)24(26)19-10-7-15-25(17-19)14-6-9-18-8-4-5-11-22(18)28-2/h4-6,8-9,11-13,16,19H,7,10,14-15,17H2,1-3H3/b9-6+/t19-/m0/s1. The van der Waals surface area contributed by atoms with Crippen LogP contribution in [0, 0.1) is 5.92 Å². The molecule has 154 valence electrons. The lowest BCUT2D eigenvalue weighted by Gasteiger charge is -2.31. The van der Waals surface area contributed by atoms with Crippen LogP contribution in [0.5, 0.6) is 17.2 Å². The summed E-state index contributed by atoms with van der Waals surface area (Å²) in [5, 5.41) is 0. The Morgan fingerprint density at radius 1 is 1.07 bits per heavy atom. The zero-order chi connectivity index (χ0) is 20.6. The maximum atomic E-state index is 13.1. The number of methoxy groups -OCH3 is 3. The normalized spacial score (nSPS) is 17.3. The van der Waals surface area contributed by atoms with Crippen LogP contribution in [0.15, 0.2) is 48.5 Å². The lowest BCUT2D eigenvalue weighted by molar-refractivity contribution is 0.0828. The van der Waals surface area contributed by atoms with E-state index in [2.05, 4.69) is 17.1 Å². The van der Waals surface area contributed by atoms with Gasteiger partial charge in [-0.2, -0.15) is 0 Å². The average molecular weight is 395 g/mol. The largest absolute Gasteiger partial charge is 0.497 e. The van der Waals surface area contributed by atoms with Crippen molar-refractivity contribution in [3.63, 3.8) is 0 Å². The van der Waals surface area contributed by atoms with E-state index in [4.69, 9.17) is 14.2 Å². The molecule has 0 aliphatic carbocycles. The van der Waals surface area contributed by atoms with E-state index in [1.54, 1.807) is 33.5 Å². The number of hydrogen-bond donors (Lipinski definition) is 0. The number of hydrogen-bond acceptors (Lipinski definition) is 5. The first-order chi connectivity index (χ1) is 14.2. The van der Waals surface area contributed by atoms with Crippen molar-refractivity contribution in [2.75, 3.05) is 41.0 Å². The van der Waals surface area contributed by atoms with E-state index in [0.717, 1.165) is 43.8 Å². The number of benzene rings is 2. The summed E-state index contributed by atoms with van der Waals surface area (Å²) in [6.07, 6.45) is 6.13. The highest BCUT2D eigenvalue weighted by molar-refractivity contribution is 6.00. The van der Waals surface area contributed by atoms with Gasteiger partial charge in [0.25, 0.3) is 0 Å². The molecule has 2 aromatic carbocycles. The predicted octanol–water partition coefficient (Wildman–Crippen LogP) is 4.32. The number of ether oxygens (including phenoxy) is 3. The molecule has 1 aliphatic rings. The molecule has 5 nitrogen and oxygen atoms in total. The predicted molar refractivity (Wildman–Crippen MR) is 115 cm³/mol. The molecule has 5 heteroatoms. The summed E-state index contributed by atoms with van der Waals surface area (Å²) in [5.41, 5.74) is 1.69. The molecular formula is C24H29NO4. The van der Waals surface area contributed by atoms with Crippen LogP contribution in [-0.4, -0.2) is 51.6 Å². The van der Waals surface area contributed by atoms with E-state index in [-0.39, 0.29) is 11.7 Å². The Hall–Kier alpha value is -2.79. The third kappa shape index (κ3) is 5.18. The summed E-state index contributed by atoms with van der Waals surface area (Å²) in [4.78, 5) is 15.4. The van der Waals surface area contributed by atoms with Gasteiger partial charge in [-0.05, 0) is 37.6 Å². The molecule has 1 atom stereocenters. The van der Waals surface area contributed by atoms with E-state index in [0.29, 0.717) is 17.1 Å². The highest BCUT2D eigenvalue weighted by Crippen LogP contribution is 2.29. The zero-order valence-corrected chi connectivity index (χ0v) is 17.4. The Labute approximate surface area is 172 Å². The fourth-order valence-electron chi connectivity index (χ4n) is 3.79. The van der Waals surface area contributed by atoms with Gasteiger partial charge in [-0.1, -0.05) is 30.4 Å². The maximum absolute atomic E-state index is 13.1. The van der Waals surface area contributed by atoms with Crippen LogP contribution in [0.3, 0.4) is 0 Å². The third-order valence-electron chi connectivity index (χ3n) is 5.35. The minimum absolute atomic E-state index is 0.0225.